The first kappa shape index (κ1) is 24.9. The van der Waals surface area contributed by atoms with Crippen LogP contribution in [0.4, 0.5) is 10.1 Å². The second-order valence-corrected chi connectivity index (χ2v) is 10.8. The Morgan fingerprint density at radius 2 is 1.51 bits per heavy atom. The van der Waals surface area contributed by atoms with Crippen LogP contribution in [-0.2, 0) is 29.7 Å². The molecule has 1 fully saturated rings. The molecule has 1 N–H and O–H groups in total. The van der Waals surface area contributed by atoms with Gasteiger partial charge >= 0.3 is 0 Å². The fourth-order valence-corrected chi connectivity index (χ4v) is 5.10. The lowest BCUT2D eigenvalue weighted by molar-refractivity contribution is 0.0951. The highest BCUT2D eigenvalue weighted by Gasteiger charge is 2.21. The first-order chi connectivity index (χ1) is 16.8. The molecule has 35 heavy (non-hydrogen) atoms. The van der Waals surface area contributed by atoms with Crippen LogP contribution in [0.15, 0.2) is 72.8 Å². The minimum absolute atomic E-state index is 0.0109. The van der Waals surface area contributed by atoms with Gasteiger partial charge in [-0.05, 0) is 66.9 Å². The summed E-state index contributed by atoms with van der Waals surface area (Å²) in [5, 5.41) is 2.92. The van der Waals surface area contributed by atoms with Gasteiger partial charge in [0, 0.05) is 18.7 Å². The summed E-state index contributed by atoms with van der Waals surface area (Å²) in [7, 11) is -3.70. The number of halogens is 1. The van der Waals surface area contributed by atoms with E-state index in [0.29, 0.717) is 17.7 Å². The summed E-state index contributed by atoms with van der Waals surface area (Å²) in [6.07, 6.45) is 3.58. The minimum atomic E-state index is -3.70. The van der Waals surface area contributed by atoms with Crippen LogP contribution < -0.4 is 9.62 Å². The van der Waals surface area contributed by atoms with Crippen molar-refractivity contribution in [3.63, 3.8) is 0 Å². The Kier molecular flexibility index (Phi) is 7.83. The third-order valence-electron chi connectivity index (χ3n) is 6.14. The quantitative estimate of drug-likeness (QED) is 0.480. The van der Waals surface area contributed by atoms with Crippen LogP contribution in [0.25, 0.3) is 0 Å². The van der Waals surface area contributed by atoms with Crippen molar-refractivity contribution >= 4 is 21.6 Å². The number of anilines is 1. The molecule has 8 heteroatoms. The highest BCUT2D eigenvalue weighted by atomic mass is 32.2. The first-order valence-corrected chi connectivity index (χ1v) is 13.5. The molecule has 0 aliphatic carbocycles. The SMILES string of the molecule is CS(=O)(=O)N(Cc1ccc(C(=O)NCc2ccc(CN3CCCC3)cc2)cc1)c1ccccc1F. The lowest BCUT2D eigenvalue weighted by atomic mass is 10.1. The molecule has 0 aromatic heterocycles. The molecular weight excluding hydrogens is 465 g/mol. The number of nitrogens with zero attached hydrogens (tertiary/aromatic N) is 2. The molecule has 184 valence electrons. The summed E-state index contributed by atoms with van der Waals surface area (Å²) in [6.45, 7) is 3.66. The molecule has 0 unspecified atom stereocenters. The lowest BCUT2D eigenvalue weighted by Gasteiger charge is -2.23. The van der Waals surface area contributed by atoms with Crippen LogP contribution in [0.3, 0.4) is 0 Å². The second kappa shape index (κ2) is 11.0. The number of benzene rings is 3. The number of likely N-dealkylation sites (tertiary alicyclic amines) is 1. The third-order valence-corrected chi connectivity index (χ3v) is 7.27. The normalized spacial score (nSPS) is 14.1. The molecule has 1 heterocycles. The van der Waals surface area contributed by atoms with Crippen LogP contribution in [0.5, 0.6) is 0 Å². The fourth-order valence-electron chi connectivity index (χ4n) is 4.21. The monoisotopic (exact) mass is 495 g/mol. The number of amides is 1. The number of rotatable bonds is 9. The molecule has 1 aliphatic rings. The number of carbonyl (C=O) groups excluding carboxylic acids is 1. The molecule has 0 bridgehead atoms. The molecule has 1 saturated heterocycles. The highest BCUT2D eigenvalue weighted by Crippen LogP contribution is 2.24. The molecule has 1 aliphatic heterocycles. The smallest absolute Gasteiger partial charge is 0.251 e. The summed E-state index contributed by atoms with van der Waals surface area (Å²) in [5.74, 6) is -0.829. The Morgan fingerprint density at radius 3 is 2.14 bits per heavy atom. The van der Waals surface area contributed by atoms with E-state index in [1.165, 1.54) is 36.6 Å². The van der Waals surface area contributed by atoms with E-state index < -0.39 is 15.8 Å². The Balaban J connectivity index is 1.34. The molecular formula is C27H30FN3O3S. The Labute approximate surface area is 206 Å². The van der Waals surface area contributed by atoms with Gasteiger partial charge in [-0.2, -0.15) is 0 Å². The predicted octanol–water partition coefficient (Wildman–Crippen LogP) is 4.32. The molecule has 0 spiro atoms. The zero-order valence-corrected chi connectivity index (χ0v) is 20.6. The van der Waals surface area contributed by atoms with Crippen molar-refractivity contribution in [2.75, 3.05) is 23.7 Å². The maximum Gasteiger partial charge on any atom is 0.251 e. The van der Waals surface area contributed by atoms with Crippen LogP contribution in [0.1, 0.15) is 39.9 Å². The molecule has 1 amide bonds. The summed E-state index contributed by atoms with van der Waals surface area (Å²) in [5.41, 5.74) is 3.40. The van der Waals surface area contributed by atoms with Gasteiger partial charge in [-0.3, -0.25) is 14.0 Å². The standard InChI is InChI=1S/C27H30FN3O3S/c1-35(33,34)31(26-7-3-2-6-25(26)28)20-23-12-14-24(15-13-23)27(32)29-18-21-8-10-22(11-9-21)19-30-16-4-5-17-30/h2-3,6-15H,4-5,16-20H2,1H3,(H,29,32). The van der Waals surface area contributed by atoms with Crippen molar-refractivity contribution in [2.24, 2.45) is 0 Å². The second-order valence-electron chi connectivity index (χ2n) is 8.90. The van der Waals surface area contributed by atoms with Gasteiger partial charge < -0.3 is 5.32 Å². The van der Waals surface area contributed by atoms with Crippen molar-refractivity contribution in [3.05, 3.63) is 101 Å². The van der Waals surface area contributed by atoms with E-state index in [1.807, 2.05) is 12.1 Å². The summed E-state index contributed by atoms with van der Waals surface area (Å²) >= 11 is 0. The van der Waals surface area contributed by atoms with Gasteiger partial charge in [0.05, 0.1) is 18.5 Å². The van der Waals surface area contributed by atoms with Gasteiger partial charge in [0.1, 0.15) is 5.82 Å². The molecule has 3 aromatic rings. The molecule has 4 rings (SSSR count). The van der Waals surface area contributed by atoms with Gasteiger partial charge in [-0.15, -0.1) is 0 Å². The third kappa shape index (κ3) is 6.68. The summed E-state index contributed by atoms with van der Waals surface area (Å²) < 4.78 is 39.8. The van der Waals surface area contributed by atoms with E-state index in [4.69, 9.17) is 0 Å². The number of nitrogens with one attached hydrogen (secondary N) is 1. The topological polar surface area (TPSA) is 69.7 Å². The van der Waals surface area contributed by atoms with E-state index in [0.717, 1.165) is 35.8 Å². The summed E-state index contributed by atoms with van der Waals surface area (Å²) in [4.78, 5) is 15.1. The fraction of sp³-hybridized carbons (Fsp3) is 0.296. The minimum Gasteiger partial charge on any atom is -0.348 e. The molecule has 6 nitrogen and oxygen atoms in total. The number of sulfonamides is 1. The number of para-hydroxylation sites is 1. The maximum absolute atomic E-state index is 14.2. The first-order valence-electron chi connectivity index (χ1n) is 11.7. The predicted molar refractivity (Wildman–Crippen MR) is 136 cm³/mol. The van der Waals surface area contributed by atoms with E-state index in [1.54, 1.807) is 30.3 Å². The van der Waals surface area contributed by atoms with Gasteiger partial charge in [0.15, 0.2) is 0 Å². The zero-order chi connectivity index (χ0) is 24.8. The Morgan fingerprint density at radius 1 is 0.914 bits per heavy atom. The highest BCUT2D eigenvalue weighted by molar-refractivity contribution is 7.92. The van der Waals surface area contributed by atoms with Gasteiger partial charge in [-0.1, -0.05) is 48.5 Å². The number of carbonyl (C=O) groups is 1. The summed E-state index contributed by atoms with van der Waals surface area (Å²) in [6, 6.07) is 20.7. The average Bonchev–Trinajstić information content (AvgIpc) is 3.35. The Hall–Kier alpha value is -3.23. The van der Waals surface area contributed by atoms with Crippen LogP contribution in [-0.4, -0.2) is 38.6 Å². The molecule has 3 aromatic carbocycles. The van der Waals surface area contributed by atoms with Crippen molar-refractivity contribution in [1.29, 1.82) is 0 Å². The van der Waals surface area contributed by atoms with Crippen molar-refractivity contribution in [3.8, 4) is 0 Å². The maximum atomic E-state index is 14.2. The number of hydrogen-bond donors (Lipinski definition) is 1. The van der Waals surface area contributed by atoms with Crippen molar-refractivity contribution in [1.82, 2.24) is 10.2 Å². The molecule has 0 saturated carbocycles. The van der Waals surface area contributed by atoms with Gasteiger partial charge in [0.25, 0.3) is 5.91 Å². The van der Waals surface area contributed by atoms with E-state index in [-0.39, 0.29) is 18.1 Å². The van der Waals surface area contributed by atoms with Crippen LogP contribution >= 0.6 is 0 Å². The van der Waals surface area contributed by atoms with Crippen LogP contribution in [0, 0.1) is 5.82 Å². The average molecular weight is 496 g/mol. The Bertz CT molecular complexity index is 1260. The van der Waals surface area contributed by atoms with Gasteiger partial charge in [0.2, 0.25) is 10.0 Å². The largest absolute Gasteiger partial charge is 0.348 e. The van der Waals surface area contributed by atoms with E-state index >= 15 is 0 Å². The van der Waals surface area contributed by atoms with Crippen LogP contribution in [0.2, 0.25) is 0 Å². The van der Waals surface area contributed by atoms with E-state index in [2.05, 4.69) is 22.3 Å². The van der Waals surface area contributed by atoms with Gasteiger partial charge in [-0.25, -0.2) is 12.8 Å². The van der Waals surface area contributed by atoms with Crippen molar-refractivity contribution < 1.29 is 17.6 Å². The lowest BCUT2D eigenvalue weighted by Crippen LogP contribution is -2.30. The van der Waals surface area contributed by atoms with Crippen molar-refractivity contribution in [2.45, 2.75) is 32.5 Å². The number of hydrogen-bond acceptors (Lipinski definition) is 4. The molecule has 0 atom stereocenters. The van der Waals surface area contributed by atoms with E-state index in [9.17, 15) is 17.6 Å². The molecule has 0 radical (unpaired) electrons. The zero-order valence-electron chi connectivity index (χ0n) is 19.8.